The fourth-order valence-electron chi connectivity index (χ4n) is 2.78. The highest BCUT2D eigenvalue weighted by Crippen LogP contribution is 2.35. The zero-order valence-electron chi connectivity index (χ0n) is 15.4. The summed E-state index contributed by atoms with van der Waals surface area (Å²) < 4.78 is 6.27. The summed E-state index contributed by atoms with van der Waals surface area (Å²) in [4.78, 5) is 29.1. The Morgan fingerprint density at radius 2 is 2.04 bits per heavy atom. The van der Waals surface area contributed by atoms with E-state index in [2.05, 4.69) is 30.9 Å². The van der Waals surface area contributed by atoms with Gasteiger partial charge in [-0.05, 0) is 49.7 Å². The highest BCUT2D eigenvalue weighted by molar-refractivity contribution is 9.10. The highest BCUT2D eigenvalue weighted by Gasteiger charge is 2.46. The van der Waals surface area contributed by atoms with E-state index in [1.807, 2.05) is 38.7 Å². The van der Waals surface area contributed by atoms with E-state index in [1.54, 1.807) is 18.1 Å². The number of nitrogens with zero attached hydrogens (tertiary/aromatic N) is 5. The minimum Gasteiger partial charge on any atom is -0.444 e. The third-order valence-corrected chi connectivity index (χ3v) is 4.96. The molecule has 3 heterocycles. The Kier molecular flexibility index (Phi) is 4.77. The third-order valence-electron chi connectivity index (χ3n) is 4.27. The normalized spacial score (nSPS) is 16.3. The molecule has 0 bridgehead atoms. The minimum atomic E-state index is -0.530. The molecule has 0 radical (unpaired) electrons. The van der Waals surface area contributed by atoms with Crippen molar-refractivity contribution < 1.29 is 9.53 Å². The smallest absolute Gasteiger partial charge is 0.410 e. The standard InChI is InChI=1S/C17H21BrClN5O2/c1-16(2,3)26-15(25)23(5)17(4)8-24(9-17)14-12(19)21-11-6-10(18)7-20-13(11)22-14/h6-7H,8-9H2,1-5H3. The average Bonchev–Trinajstić information content (AvgIpc) is 2.49. The number of pyridine rings is 1. The van der Waals surface area contributed by atoms with Crippen LogP contribution in [0.5, 0.6) is 0 Å². The summed E-state index contributed by atoms with van der Waals surface area (Å²) in [5, 5.41) is 0.319. The maximum absolute atomic E-state index is 12.3. The van der Waals surface area contributed by atoms with Gasteiger partial charge < -0.3 is 14.5 Å². The molecule has 1 aliphatic heterocycles. The van der Waals surface area contributed by atoms with Crippen molar-refractivity contribution in [3.05, 3.63) is 21.9 Å². The van der Waals surface area contributed by atoms with Gasteiger partial charge >= 0.3 is 6.09 Å². The fourth-order valence-corrected chi connectivity index (χ4v) is 3.35. The van der Waals surface area contributed by atoms with Crippen molar-refractivity contribution in [3.8, 4) is 0 Å². The molecule has 1 aliphatic rings. The summed E-state index contributed by atoms with van der Waals surface area (Å²) in [5.41, 5.74) is 0.261. The summed E-state index contributed by atoms with van der Waals surface area (Å²) in [7, 11) is 1.75. The van der Waals surface area contributed by atoms with Crippen molar-refractivity contribution >= 4 is 50.6 Å². The molecule has 140 valence electrons. The summed E-state index contributed by atoms with van der Waals surface area (Å²) in [6.45, 7) is 8.72. The molecular formula is C17H21BrClN5O2. The number of anilines is 1. The Bertz CT molecular complexity index is 864. The van der Waals surface area contributed by atoms with Crippen molar-refractivity contribution in [2.24, 2.45) is 0 Å². The number of carbonyl (C=O) groups is 1. The molecule has 2 aromatic rings. The lowest BCUT2D eigenvalue weighted by atomic mass is 9.91. The van der Waals surface area contributed by atoms with Crippen LogP contribution in [-0.4, -0.2) is 57.2 Å². The van der Waals surface area contributed by atoms with Gasteiger partial charge in [-0.1, -0.05) is 11.6 Å². The van der Waals surface area contributed by atoms with Crippen LogP contribution in [0.15, 0.2) is 16.7 Å². The number of aromatic nitrogens is 3. The van der Waals surface area contributed by atoms with Gasteiger partial charge in [0.2, 0.25) is 0 Å². The number of hydrogen-bond acceptors (Lipinski definition) is 6. The van der Waals surface area contributed by atoms with Crippen molar-refractivity contribution in [1.29, 1.82) is 0 Å². The van der Waals surface area contributed by atoms with Crippen molar-refractivity contribution in [2.45, 2.75) is 38.8 Å². The summed E-state index contributed by atoms with van der Waals surface area (Å²) in [5.74, 6) is 0.573. The number of hydrogen-bond donors (Lipinski definition) is 0. The first-order valence-corrected chi connectivity index (χ1v) is 9.36. The maximum Gasteiger partial charge on any atom is 0.410 e. The molecule has 0 spiro atoms. The zero-order chi connectivity index (χ0) is 19.3. The Labute approximate surface area is 165 Å². The summed E-state index contributed by atoms with van der Waals surface area (Å²) >= 11 is 9.68. The van der Waals surface area contributed by atoms with Gasteiger partial charge in [-0.25, -0.2) is 19.7 Å². The molecule has 1 amide bonds. The van der Waals surface area contributed by atoms with Gasteiger partial charge in [0.25, 0.3) is 0 Å². The van der Waals surface area contributed by atoms with Crippen molar-refractivity contribution in [3.63, 3.8) is 0 Å². The first kappa shape index (κ1) is 19.1. The maximum atomic E-state index is 12.3. The number of carbonyl (C=O) groups excluding carboxylic acids is 1. The number of rotatable bonds is 2. The SMILES string of the molecule is CN(C(=O)OC(C)(C)C)C1(C)CN(c2nc3ncc(Br)cc3nc2Cl)C1. The Morgan fingerprint density at radius 3 is 2.65 bits per heavy atom. The van der Waals surface area contributed by atoms with Crippen LogP contribution in [0, 0.1) is 0 Å². The van der Waals surface area contributed by atoms with Crippen LogP contribution >= 0.6 is 27.5 Å². The molecule has 9 heteroatoms. The summed E-state index contributed by atoms with van der Waals surface area (Å²) in [6, 6.07) is 1.82. The number of ether oxygens (including phenoxy) is 1. The van der Waals surface area contributed by atoms with Crippen LogP contribution < -0.4 is 4.90 Å². The topological polar surface area (TPSA) is 71.5 Å². The van der Waals surface area contributed by atoms with Crippen LogP contribution in [-0.2, 0) is 4.74 Å². The second-order valence-corrected chi connectivity index (χ2v) is 9.00. The van der Waals surface area contributed by atoms with E-state index >= 15 is 0 Å². The number of likely N-dealkylation sites (N-methyl/N-ethyl adjacent to an activating group) is 1. The predicted molar refractivity (Wildman–Crippen MR) is 105 cm³/mol. The van der Waals surface area contributed by atoms with E-state index in [1.165, 1.54) is 0 Å². The molecular weight excluding hydrogens is 422 g/mol. The Hall–Kier alpha value is -1.67. The lowest BCUT2D eigenvalue weighted by Crippen LogP contribution is -2.69. The van der Waals surface area contributed by atoms with E-state index in [9.17, 15) is 4.79 Å². The zero-order valence-corrected chi connectivity index (χ0v) is 17.7. The second kappa shape index (κ2) is 6.49. The monoisotopic (exact) mass is 441 g/mol. The average molecular weight is 443 g/mol. The molecule has 0 unspecified atom stereocenters. The van der Waals surface area contributed by atoms with E-state index in [-0.39, 0.29) is 11.6 Å². The van der Waals surface area contributed by atoms with Gasteiger partial charge in [-0.2, -0.15) is 0 Å². The quantitative estimate of drug-likeness (QED) is 0.703. The van der Waals surface area contributed by atoms with Gasteiger partial charge in [0.15, 0.2) is 16.6 Å². The molecule has 3 rings (SSSR count). The van der Waals surface area contributed by atoms with E-state index < -0.39 is 5.60 Å². The second-order valence-electron chi connectivity index (χ2n) is 7.73. The van der Waals surface area contributed by atoms with E-state index in [4.69, 9.17) is 16.3 Å². The van der Waals surface area contributed by atoms with Gasteiger partial charge in [-0.3, -0.25) is 0 Å². The number of halogens is 2. The highest BCUT2D eigenvalue weighted by atomic mass is 79.9. The molecule has 26 heavy (non-hydrogen) atoms. The van der Waals surface area contributed by atoms with Crippen molar-refractivity contribution in [2.75, 3.05) is 25.0 Å². The molecule has 0 aliphatic carbocycles. The van der Waals surface area contributed by atoms with E-state index in [0.29, 0.717) is 35.2 Å². The molecule has 0 atom stereocenters. The first-order chi connectivity index (χ1) is 12.0. The van der Waals surface area contributed by atoms with Gasteiger partial charge in [0.1, 0.15) is 11.1 Å². The molecule has 0 saturated carbocycles. The van der Waals surface area contributed by atoms with Crippen molar-refractivity contribution in [1.82, 2.24) is 19.9 Å². The molecule has 0 aromatic carbocycles. The molecule has 2 aromatic heterocycles. The first-order valence-electron chi connectivity index (χ1n) is 8.19. The Morgan fingerprint density at radius 1 is 1.38 bits per heavy atom. The lowest BCUT2D eigenvalue weighted by molar-refractivity contribution is 0.00249. The van der Waals surface area contributed by atoms with Crippen LogP contribution in [0.25, 0.3) is 11.2 Å². The van der Waals surface area contributed by atoms with Gasteiger partial charge in [-0.15, -0.1) is 0 Å². The van der Waals surface area contributed by atoms with Gasteiger partial charge in [0, 0.05) is 30.8 Å². The van der Waals surface area contributed by atoms with Gasteiger partial charge in [0.05, 0.1) is 5.54 Å². The third kappa shape index (κ3) is 3.71. The Balaban J connectivity index is 1.76. The van der Waals surface area contributed by atoms with Crippen LogP contribution in [0.4, 0.5) is 10.6 Å². The molecule has 1 fully saturated rings. The van der Waals surface area contributed by atoms with Crippen LogP contribution in [0.1, 0.15) is 27.7 Å². The lowest BCUT2D eigenvalue weighted by Gasteiger charge is -2.52. The molecule has 0 N–H and O–H groups in total. The van der Waals surface area contributed by atoms with E-state index in [0.717, 1.165) is 4.47 Å². The summed E-state index contributed by atoms with van der Waals surface area (Å²) in [6.07, 6.45) is 1.33. The fraction of sp³-hybridized carbons (Fsp3) is 0.529. The van der Waals surface area contributed by atoms with Crippen LogP contribution in [0.2, 0.25) is 5.15 Å². The number of fused-ring (bicyclic) bond motifs is 1. The number of amides is 1. The van der Waals surface area contributed by atoms with Crippen LogP contribution in [0.3, 0.4) is 0 Å². The molecule has 7 nitrogen and oxygen atoms in total. The molecule has 1 saturated heterocycles. The largest absolute Gasteiger partial charge is 0.444 e. The predicted octanol–water partition coefficient (Wildman–Crippen LogP) is 3.89. The minimum absolute atomic E-state index is 0.319.